The van der Waals surface area contributed by atoms with Crippen LogP contribution in [0.4, 0.5) is 0 Å². The van der Waals surface area contributed by atoms with Gasteiger partial charge in [0.1, 0.15) is 0 Å². The number of aromatic nitrogens is 4. The second-order valence-corrected chi connectivity index (χ2v) is 13.7. The van der Waals surface area contributed by atoms with Gasteiger partial charge >= 0.3 is 0 Å². The average Bonchev–Trinajstić information content (AvgIpc) is 3.61. The minimum atomic E-state index is 0.687. The first-order valence-corrected chi connectivity index (χ1v) is 18.5. The van der Waals surface area contributed by atoms with Gasteiger partial charge in [-0.05, 0) is 75.8 Å². The number of para-hydroxylation sites is 1. The van der Waals surface area contributed by atoms with Crippen molar-refractivity contribution in [2.75, 3.05) is 0 Å². The Kier molecular flexibility index (Phi) is 8.12. The number of rotatable bonds is 7. The first-order chi connectivity index (χ1) is 27.2. The largest absolute Gasteiger partial charge is 0.309 e. The van der Waals surface area contributed by atoms with Crippen LogP contribution in [0.5, 0.6) is 0 Å². The van der Waals surface area contributed by atoms with Crippen molar-refractivity contribution in [2.45, 2.75) is 0 Å². The van der Waals surface area contributed by atoms with Crippen LogP contribution in [0.1, 0.15) is 0 Å². The molecule has 10 aromatic rings. The fourth-order valence-electron chi connectivity index (χ4n) is 7.54. The molecule has 0 aliphatic heterocycles. The van der Waals surface area contributed by atoms with Crippen molar-refractivity contribution in [1.29, 1.82) is 0 Å². The summed E-state index contributed by atoms with van der Waals surface area (Å²) in [4.78, 5) is 14.9. The van der Waals surface area contributed by atoms with Crippen LogP contribution < -0.4 is 0 Å². The predicted octanol–water partition coefficient (Wildman–Crippen LogP) is 13.0. The zero-order valence-electron chi connectivity index (χ0n) is 29.9. The van der Waals surface area contributed by atoms with Gasteiger partial charge in [0, 0.05) is 45.5 Å². The number of nitrogens with zero attached hydrogens (tertiary/aromatic N) is 4. The minimum Gasteiger partial charge on any atom is -0.309 e. The van der Waals surface area contributed by atoms with Gasteiger partial charge in [-0.3, -0.25) is 4.98 Å². The molecule has 0 N–H and O–H groups in total. The molecule has 0 spiro atoms. The smallest absolute Gasteiger partial charge is 0.160 e. The van der Waals surface area contributed by atoms with E-state index in [0.717, 1.165) is 66.9 Å². The van der Waals surface area contributed by atoms with Crippen molar-refractivity contribution in [1.82, 2.24) is 19.5 Å². The molecule has 3 aromatic heterocycles. The van der Waals surface area contributed by atoms with Crippen LogP contribution in [-0.2, 0) is 0 Å². The van der Waals surface area contributed by atoms with E-state index in [1.807, 2.05) is 24.5 Å². The molecule has 0 bridgehead atoms. The van der Waals surface area contributed by atoms with Gasteiger partial charge in [0.2, 0.25) is 0 Å². The Morgan fingerprint density at radius 2 is 0.818 bits per heavy atom. The standard InChI is InChI=1S/C51H34N4/c1-4-11-35(12-5-1)37-19-23-39(24-20-37)47-33-48(54-51(53-47)40-25-21-38(22-26-40)36-13-6-2-7-14-36)43-16-10-15-41(31-43)42-27-28-49-45(32-42)46-34-52-30-29-50(46)55(49)44-17-8-3-9-18-44/h1-34H. The van der Waals surface area contributed by atoms with Crippen LogP contribution in [-0.4, -0.2) is 19.5 Å². The van der Waals surface area contributed by atoms with Crippen LogP contribution in [0.15, 0.2) is 207 Å². The molecule has 55 heavy (non-hydrogen) atoms. The lowest BCUT2D eigenvalue weighted by atomic mass is 9.98. The molecule has 0 saturated carbocycles. The third-order valence-electron chi connectivity index (χ3n) is 10.3. The number of hydrogen-bond acceptors (Lipinski definition) is 3. The van der Waals surface area contributed by atoms with Gasteiger partial charge in [0.25, 0.3) is 0 Å². The van der Waals surface area contributed by atoms with Crippen molar-refractivity contribution >= 4 is 21.8 Å². The number of benzene rings is 7. The van der Waals surface area contributed by atoms with E-state index in [-0.39, 0.29) is 0 Å². The SMILES string of the molecule is c1ccc(-c2ccc(-c3cc(-c4cccc(-c5ccc6c(c5)c5cnccc5n6-c5ccccc5)c4)nc(-c4ccc(-c5ccccc5)cc4)n3)cc2)cc1. The quantitative estimate of drug-likeness (QED) is 0.166. The molecular weight excluding hydrogens is 669 g/mol. The second kappa shape index (κ2) is 13.8. The lowest BCUT2D eigenvalue weighted by Gasteiger charge is -2.12. The molecule has 0 fully saturated rings. The molecular formula is C51H34N4. The average molecular weight is 703 g/mol. The van der Waals surface area contributed by atoms with Gasteiger partial charge < -0.3 is 4.57 Å². The fraction of sp³-hybridized carbons (Fsp3) is 0. The van der Waals surface area contributed by atoms with Gasteiger partial charge in [-0.25, -0.2) is 9.97 Å². The van der Waals surface area contributed by atoms with E-state index in [0.29, 0.717) is 5.82 Å². The Hall–Kier alpha value is -7.43. The van der Waals surface area contributed by atoms with E-state index in [9.17, 15) is 0 Å². The fourth-order valence-corrected chi connectivity index (χ4v) is 7.54. The first-order valence-electron chi connectivity index (χ1n) is 18.5. The lowest BCUT2D eigenvalue weighted by molar-refractivity contribution is 1.17. The van der Waals surface area contributed by atoms with Gasteiger partial charge in [0.15, 0.2) is 5.82 Å². The first kappa shape index (κ1) is 32.2. The molecule has 3 heterocycles. The van der Waals surface area contributed by atoms with Gasteiger partial charge in [-0.2, -0.15) is 0 Å². The second-order valence-electron chi connectivity index (χ2n) is 13.7. The Morgan fingerprint density at radius 1 is 0.327 bits per heavy atom. The number of hydrogen-bond donors (Lipinski definition) is 0. The van der Waals surface area contributed by atoms with Crippen LogP contribution in [0.3, 0.4) is 0 Å². The predicted molar refractivity (Wildman–Crippen MR) is 227 cm³/mol. The van der Waals surface area contributed by atoms with Crippen LogP contribution in [0.2, 0.25) is 0 Å². The Labute approximate surface area is 319 Å². The Balaban J connectivity index is 1.07. The zero-order chi connectivity index (χ0) is 36.6. The summed E-state index contributed by atoms with van der Waals surface area (Å²) in [6.07, 6.45) is 3.84. The van der Waals surface area contributed by atoms with E-state index >= 15 is 0 Å². The maximum Gasteiger partial charge on any atom is 0.160 e. The third kappa shape index (κ3) is 6.16. The number of fused-ring (bicyclic) bond motifs is 3. The molecule has 0 aliphatic rings. The van der Waals surface area contributed by atoms with Crippen LogP contribution >= 0.6 is 0 Å². The lowest BCUT2D eigenvalue weighted by Crippen LogP contribution is -1.96. The summed E-state index contributed by atoms with van der Waals surface area (Å²) in [5.41, 5.74) is 15.1. The summed E-state index contributed by atoms with van der Waals surface area (Å²) < 4.78 is 2.31. The molecule has 0 atom stereocenters. The van der Waals surface area contributed by atoms with Gasteiger partial charge in [-0.15, -0.1) is 0 Å². The molecule has 4 heteroatoms. The topological polar surface area (TPSA) is 43.6 Å². The summed E-state index contributed by atoms with van der Waals surface area (Å²) in [5.74, 6) is 0.687. The molecule has 7 aromatic carbocycles. The van der Waals surface area contributed by atoms with Crippen molar-refractivity contribution < 1.29 is 0 Å². The van der Waals surface area contributed by atoms with E-state index < -0.39 is 0 Å². The van der Waals surface area contributed by atoms with E-state index in [1.165, 1.54) is 22.1 Å². The molecule has 0 radical (unpaired) electrons. The molecule has 0 aliphatic carbocycles. The monoisotopic (exact) mass is 702 g/mol. The molecule has 0 amide bonds. The van der Waals surface area contributed by atoms with Crippen molar-refractivity contribution in [3.8, 4) is 73.0 Å². The highest BCUT2D eigenvalue weighted by atomic mass is 15.0. The van der Waals surface area contributed by atoms with Crippen molar-refractivity contribution in [3.63, 3.8) is 0 Å². The summed E-state index contributed by atoms with van der Waals surface area (Å²) in [7, 11) is 0. The zero-order valence-corrected chi connectivity index (χ0v) is 29.9. The molecule has 0 saturated heterocycles. The number of pyridine rings is 1. The summed E-state index contributed by atoms with van der Waals surface area (Å²) >= 11 is 0. The summed E-state index contributed by atoms with van der Waals surface area (Å²) in [5, 5.41) is 2.29. The summed E-state index contributed by atoms with van der Waals surface area (Å²) in [6.45, 7) is 0. The van der Waals surface area contributed by atoms with Gasteiger partial charge in [-0.1, -0.05) is 152 Å². The normalized spacial score (nSPS) is 11.3. The Morgan fingerprint density at radius 3 is 1.49 bits per heavy atom. The molecule has 0 unspecified atom stereocenters. The highest BCUT2D eigenvalue weighted by Gasteiger charge is 2.15. The highest BCUT2D eigenvalue weighted by molar-refractivity contribution is 6.10. The van der Waals surface area contributed by atoms with E-state index in [2.05, 4.69) is 192 Å². The third-order valence-corrected chi connectivity index (χ3v) is 10.3. The van der Waals surface area contributed by atoms with Crippen LogP contribution in [0.25, 0.3) is 94.8 Å². The molecule has 10 rings (SSSR count). The van der Waals surface area contributed by atoms with E-state index in [4.69, 9.17) is 9.97 Å². The maximum absolute atomic E-state index is 5.21. The molecule has 4 nitrogen and oxygen atoms in total. The van der Waals surface area contributed by atoms with Crippen LogP contribution in [0, 0.1) is 0 Å². The summed E-state index contributed by atoms with van der Waals surface area (Å²) in [6, 6.07) is 68.2. The maximum atomic E-state index is 5.21. The highest BCUT2D eigenvalue weighted by Crippen LogP contribution is 2.36. The van der Waals surface area contributed by atoms with E-state index in [1.54, 1.807) is 0 Å². The van der Waals surface area contributed by atoms with Crippen molar-refractivity contribution in [2.24, 2.45) is 0 Å². The Bertz CT molecular complexity index is 2830. The van der Waals surface area contributed by atoms with Gasteiger partial charge in [0.05, 0.1) is 22.4 Å². The van der Waals surface area contributed by atoms with Crippen molar-refractivity contribution in [3.05, 3.63) is 207 Å². The molecule has 258 valence electrons. The minimum absolute atomic E-state index is 0.687.